The van der Waals surface area contributed by atoms with Gasteiger partial charge in [0.05, 0.1) is 6.54 Å². The molecule has 0 saturated heterocycles. The van der Waals surface area contributed by atoms with Crippen LogP contribution in [0.5, 0.6) is 0 Å². The van der Waals surface area contributed by atoms with Crippen molar-refractivity contribution in [3.8, 4) is 23.7 Å². The van der Waals surface area contributed by atoms with Crippen LogP contribution in [0.4, 0.5) is 26.3 Å². The molecule has 4 aromatic heterocycles. The SMILES string of the molecule is C=Cc1ccc(-c2n[nH]c(C(F)(F)F)n2)nc1.C=Cc1ccc(C#N)nc1.N#Cc1ccc(Br)cn1.NCC(=O)C(F)(F)F. The number of nitriles is 2. The summed E-state index contributed by atoms with van der Waals surface area (Å²) >= 11 is 3.20. The van der Waals surface area contributed by atoms with E-state index in [1.807, 2.05) is 17.2 Å². The van der Waals surface area contributed by atoms with Crippen molar-refractivity contribution in [2.45, 2.75) is 12.4 Å². The molecule has 0 amide bonds. The molecular weight excluding hydrogens is 660 g/mol. The first-order chi connectivity index (χ1) is 20.7. The summed E-state index contributed by atoms with van der Waals surface area (Å²) in [4.78, 5) is 24.5. The monoisotopic (exact) mass is 679 g/mol. The number of alkyl halides is 6. The van der Waals surface area contributed by atoms with E-state index in [9.17, 15) is 31.1 Å². The molecule has 0 unspecified atom stereocenters. The molecule has 0 fully saturated rings. The van der Waals surface area contributed by atoms with Gasteiger partial charge in [-0.2, -0.15) is 42.0 Å². The second-order valence-electron chi connectivity index (χ2n) is 7.58. The molecule has 44 heavy (non-hydrogen) atoms. The minimum atomic E-state index is -4.76. The lowest BCUT2D eigenvalue weighted by molar-refractivity contribution is -0.169. The van der Waals surface area contributed by atoms with Gasteiger partial charge in [0.15, 0.2) is 5.82 Å². The molecule has 4 aromatic rings. The number of rotatable bonds is 4. The number of halogens is 7. The molecule has 10 nitrogen and oxygen atoms in total. The average molecular weight is 680 g/mol. The van der Waals surface area contributed by atoms with Gasteiger partial charge in [-0.3, -0.25) is 14.9 Å². The molecule has 4 rings (SSSR count). The van der Waals surface area contributed by atoms with Crippen molar-refractivity contribution in [3.63, 3.8) is 0 Å². The molecule has 4 heterocycles. The third-order valence-electron chi connectivity index (χ3n) is 4.49. The second kappa shape index (κ2) is 17.6. The van der Waals surface area contributed by atoms with Gasteiger partial charge in [-0.1, -0.05) is 37.4 Å². The van der Waals surface area contributed by atoms with Crippen molar-refractivity contribution in [2.75, 3.05) is 6.54 Å². The highest BCUT2D eigenvalue weighted by atomic mass is 79.9. The predicted molar refractivity (Wildman–Crippen MR) is 151 cm³/mol. The quantitative estimate of drug-likeness (QED) is 0.249. The van der Waals surface area contributed by atoms with Gasteiger partial charge < -0.3 is 5.73 Å². The number of carbonyl (C=O) groups excluding carboxylic acids is 1. The highest BCUT2D eigenvalue weighted by molar-refractivity contribution is 9.10. The van der Waals surface area contributed by atoms with Gasteiger partial charge in [0.1, 0.15) is 29.2 Å². The Morgan fingerprint density at radius 2 is 1.41 bits per heavy atom. The summed E-state index contributed by atoms with van der Waals surface area (Å²) in [6.45, 7) is 6.14. The van der Waals surface area contributed by atoms with Crippen LogP contribution in [0.3, 0.4) is 0 Å². The molecule has 0 spiro atoms. The van der Waals surface area contributed by atoms with Crippen molar-refractivity contribution in [2.24, 2.45) is 5.73 Å². The van der Waals surface area contributed by atoms with Crippen molar-refractivity contribution >= 4 is 33.9 Å². The molecule has 0 radical (unpaired) electrons. The fraction of sp³-hybridized carbons (Fsp3) is 0.111. The van der Waals surface area contributed by atoms with Crippen molar-refractivity contribution in [1.82, 2.24) is 30.1 Å². The number of hydrogen-bond acceptors (Lipinski definition) is 9. The molecule has 17 heteroatoms. The number of aromatic nitrogens is 6. The summed E-state index contributed by atoms with van der Waals surface area (Å²) < 4.78 is 70.8. The van der Waals surface area contributed by atoms with E-state index in [2.05, 4.69) is 59.9 Å². The molecule has 0 saturated carbocycles. The third-order valence-corrected chi connectivity index (χ3v) is 4.95. The largest absolute Gasteiger partial charge is 0.451 e. The lowest BCUT2D eigenvalue weighted by atomic mass is 10.2. The molecule has 0 aliphatic carbocycles. The number of nitrogens with one attached hydrogen (secondary N) is 1. The first kappa shape index (κ1) is 36.8. The van der Waals surface area contributed by atoms with Crippen LogP contribution in [0.2, 0.25) is 0 Å². The Morgan fingerprint density at radius 1 is 0.886 bits per heavy atom. The maximum atomic E-state index is 12.3. The summed E-state index contributed by atoms with van der Waals surface area (Å²) in [5.41, 5.74) is 7.23. The minimum Gasteiger partial charge on any atom is -0.324 e. The standard InChI is InChI=1S/C10H7F3N4.C8H6N2.C6H3BrN2.C3H4F3NO/c1-2-6-3-4-7(14-5-6)8-15-9(17-16-8)10(11,12)13;1-2-7-3-4-8(5-9)10-6-7;7-5-1-2-6(3-8)9-4-5;4-3(5,6)2(8)1-7/h2-5H,1H2,(H,15,16,17);2-4,6H,1H2;1-2,4H;1,7H2. The first-order valence-corrected chi connectivity index (χ1v) is 12.4. The van der Waals surface area contributed by atoms with Crippen LogP contribution in [0.1, 0.15) is 28.3 Å². The fourth-order valence-electron chi connectivity index (χ4n) is 2.31. The molecule has 0 aliphatic rings. The zero-order valence-corrected chi connectivity index (χ0v) is 23.8. The van der Waals surface area contributed by atoms with Gasteiger partial charge in [-0.25, -0.2) is 15.0 Å². The Kier molecular flexibility index (Phi) is 14.7. The Hall–Kier alpha value is -5.26. The summed E-state index contributed by atoms with van der Waals surface area (Å²) in [5, 5.41) is 22.0. The van der Waals surface area contributed by atoms with Gasteiger partial charge in [-0.05, 0) is 51.3 Å². The Balaban J connectivity index is 0.000000311. The number of nitrogens with zero attached hydrogens (tertiary/aromatic N) is 7. The molecular formula is C27H20BrF6N9O. The Morgan fingerprint density at radius 3 is 1.73 bits per heavy atom. The summed E-state index contributed by atoms with van der Waals surface area (Å²) in [7, 11) is 0. The smallest absolute Gasteiger partial charge is 0.324 e. The number of aromatic amines is 1. The maximum Gasteiger partial charge on any atom is 0.451 e. The van der Waals surface area contributed by atoms with Gasteiger partial charge in [-0.15, -0.1) is 0 Å². The van der Waals surface area contributed by atoms with Crippen LogP contribution >= 0.6 is 15.9 Å². The molecule has 0 aliphatic heterocycles. The molecule has 0 bridgehead atoms. The average Bonchev–Trinajstić information content (AvgIpc) is 3.53. The number of ketones is 1. The number of nitrogens with two attached hydrogens (primary N) is 1. The third kappa shape index (κ3) is 13.1. The zero-order valence-electron chi connectivity index (χ0n) is 22.2. The maximum absolute atomic E-state index is 12.3. The van der Waals surface area contributed by atoms with E-state index in [0.717, 1.165) is 15.6 Å². The number of pyridine rings is 3. The zero-order chi connectivity index (χ0) is 33.3. The van der Waals surface area contributed by atoms with Gasteiger partial charge in [0.2, 0.25) is 11.6 Å². The number of carbonyl (C=O) groups is 1. The van der Waals surface area contributed by atoms with Crippen LogP contribution in [0, 0.1) is 22.7 Å². The lowest BCUT2D eigenvalue weighted by Gasteiger charge is -1.99. The van der Waals surface area contributed by atoms with E-state index < -0.39 is 30.5 Å². The van der Waals surface area contributed by atoms with Crippen LogP contribution in [0.25, 0.3) is 23.7 Å². The van der Waals surface area contributed by atoms with Crippen molar-refractivity contribution < 1.29 is 31.1 Å². The minimum absolute atomic E-state index is 0.0899. The highest BCUT2D eigenvalue weighted by Gasteiger charge is 2.36. The predicted octanol–water partition coefficient (Wildman–Crippen LogP) is 5.92. The van der Waals surface area contributed by atoms with E-state index in [1.54, 1.807) is 54.9 Å². The highest BCUT2D eigenvalue weighted by Crippen LogP contribution is 2.27. The fourth-order valence-corrected chi connectivity index (χ4v) is 2.55. The Bertz CT molecular complexity index is 1590. The molecule has 0 atom stereocenters. The van der Waals surface area contributed by atoms with Gasteiger partial charge in [0, 0.05) is 23.1 Å². The van der Waals surface area contributed by atoms with E-state index in [1.165, 1.54) is 12.3 Å². The number of hydrogen-bond donors (Lipinski definition) is 2. The molecule has 228 valence electrons. The van der Waals surface area contributed by atoms with E-state index in [4.69, 9.17) is 10.5 Å². The van der Waals surface area contributed by atoms with E-state index in [-0.39, 0.29) is 11.5 Å². The normalized spacial score (nSPS) is 10.1. The van der Waals surface area contributed by atoms with Crippen molar-refractivity contribution in [1.29, 1.82) is 10.5 Å². The van der Waals surface area contributed by atoms with Gasteiger partial charge >= 0.3 is 12.4 Å². The van der Waals surface area contributed by atoms with Crippen molar-refractivity contribution in [3.05, 3.63) is 101 Å². The van der Waals surface area contributed by atoms with Gasteiger partial charge in [0.25, 0.3) is 0 Å². The van der Waals surface area contributed by atoms with E-state index >= 15 is 0 Å². The topological polar surface area (TPSA) is 171 Å². The van der Waals surface area contributed by atoms with Crippen LogP contribution in [-0.2, 0) is 11.0 Å². The summed E-state index contributed by atoms with van der Waals surface area (Å²) in [6, 6.07) is 14.0. The molecule has 0 aromatic carbocycles. The van der Waals surface area contributed by atoms with Crippen LogP contribution < -0.4 is 5.73 Å². The summed E-state index contributed by atoms with van der Waals surface area (Å²) in [5.74, 6) is -3.12. The first-order valence-electron chi connectivity index (χ1n) is 11.6. The second-order valence-corrected chi connectivity index (χ2v) is 8.49. The van der Waals surface area contributed by atoms with E-state index in [0.29, 0.717) is 11.4 Å². The molecule has 3 N–H and O–H groups in total. The number of Topliss-reactive ketones (excluding diaryl/α,β-unsaturated/α-hetero) is 1. The Labute approximate surface area is 254 Å². The van der Waals surface area contributed by atoms with Crippen LogP contribution in [-0.4, -0.2) is 48.6 Å². The summed E-state index contributed by atoms with van der Waals surface area (Å²) in [6.07, 6.45) is -1.33. The van der Waals surface area contributed by atoms with Crippen LogP contribution in [0.15, 0.2) is 72.6 Å². The number of H-pyrrole nitrogens is 1. The lowest BCUT2D eigenvalue weighted by Crippen LogP contribution is -2.29.